The molecule has 0 radical (unpaired) electrons. The highest BCUT2D eigenvalue weighted by Gasteiger charge is 2.21. The van der Waals surface area contributed by atoms with E-state index < -0.39 is 0 Å². The quantitative estimate of drug-likeness (QED) is 0.357. The SMILES string of the molecule is CC(Sc1nnc(NCc2ccccc2)s1)C(=O)c1c[nH]c2ncccc12. The van der Waals surface area contributed by atoms with Gasteiger partial charge < -0.3 is 10.3 Å². The first kappa shape index (κ1) is 17.7. The van der Waals surface area contributed by atoms with Gasteiger partial charge in [-0.3, -0.25) is 4.79 Å². The van der Waals surface area contributed by atoms with Crippen molar-refractivity contribution in [3.63, 3.8) is 0 Å². The molecule has 1 atom stereocenters. The fraction of sp³-hybridized carbons (Fsp3) is 0.158. The van der Waals surface area contributed by atoms with E-state index >= 15 is 0 Å². The number of pyridine rings is 1. The highest BCUT2D eigenvalue weighted by molar-refractivity contribution is 8.02. The topological polar surface area (TPSA) is 83.6 Å². The molecule has 3 aromatic heterocycles. The second kappa shape index (κ2) is 7.89. The summed E-state index contributed by atoms with van der Waals surface area (Å²) in [6, 6.07) is 13.9. The average molecular weight is 396 g/mol. The number of hydrogen-bond acceptors (Lipinski definition) is 7. The maximum Gasteiger partial charge on any atom is 0.206 e. The maximum atomic E-state index is 12.8. The van der Waals surface area contributed by atoms with Crippen LogP contribution in [0.15, 0.2) is 59.2 Å². The summed E-state index contributed by atoms with van der Waals surface area (Å²) in [6.07, 6.45) is 3.43. The third kappa shape index (κ3) is 4.01. The van der Waals surface area contributed by atoms with Crippen molar-refractivity contribution in [3.05, 3.63) is 66.0 Å². The summed E-state index contributed by atoms with van der Waals surface area (Å²) in [5, 5.41) is 13.0. The van der Waals surface area contributed by atoms with Crippen molar-refractivity contribution in [3.8, 4) is 0 Å². The molecule has 3 heterocycles. The van der Waals surface area contributed by atoms with Crippen LogP contribution in [0.4, 0.5) is 5.13 Å². The zero-order valence-corrected chi connectivity index (χ0v) is 16.2. The van der Waals surface area contributed by atoms with Crippen LogP contribution in [0.2, 0.25) is 0 Å². The normalized spacial score (nSPS) is 12.2. The molecule has 0 aliphatic heterocycles. The maximum absolute atomic E-state index is 12.8. The number of carbonyl (C=O) groups is 1. The minimum absolute atomic E-state index is 0.0493. The number of fused-ring (bicyclic) bond motifs is 1. The van der Waals surface area contributed by atoms with E-state index in [1.165, 1.54) is 28.7 Å². The lowest BCUT2D eigenvalue weighted by molar-refractivity contribution is 0.0995. The number of anilines is 1. The van der Waals surface area contributed by atoms with E-state index in [-0.39, 0.29) is 11.0 Å². The molecular weight excluding hydrogens is 378 g/mol. The number of aromatic amines is 1. The second-order valence-electron chi connectivity index (χ2n) is 5.94. The fourth-order valence-electron chi connectivity index (χ4n) is 2.69. The van der Waals surface area contributed by atoms with Crippen molar-refractivity contribution in [2.24, 2.45) is 0 Å². The number of carbonyl (C=O) groups excluding carboxylic acids is 1. The van der Waals surface area contributed by atoms with Gasteiger partial charge in [0, 0.05) is 29.9 Å². The number of nitrogens with zero attached hydrogens (tertiary/aromatic N) is 3. The van der Waals surface area contributed by atoms with E-state index in [4.69, 9.17) is 0 Å². The third-order valence-electron chi connectivity index (χ3n) is 4.06. The largest absolute Gasteiger partial charge is 0.356 e. The molecule has 4 rings (SSSR count). The lowest BCUT2D eigenvalue weighted by atomic mass is 10.1. The summed E-state index contributed by atoms with van der Waals surface area (Å²) >= 11 is 2.88. The Morgan fingerprint density at radius 2 is 2.07 bits per heavy atom. The number of rotatable bonds is 7. The molecule has 0 saturated heterocycles. The smallest absolute Gasteiger partial charge is 0.206 e. The number of nitrogens with one attached hydrogen (secondary N) is 2. The first-order chi connectivity index (χ1) is 13.2. The minimum atomic E-state index is -0.265. The Hall–Kier alpha value is -2.71. The average Bonchev–Trinajstić information content (AvgIpc) is 3.33. The van der Waals surface area contributed by atoms with Crippen molar-refractivity contribution >= 4 is 45.0 Å². The van der Waals surface area contributed by atoms with E-state index in [1.54, 1.807) is 12.4 Å². The van der Waals surface area contributed by atoms with Crippen LogP contribution in [0.1, 0.15) is 22.8 Å². The van der Waals surface area contributed by atoms with Gasteiger partial charge in [0.05, 0.1) is 5.25 Å². The van der Waals surface area contributed by atoms with Crippen molar-refractivity contribution in [2.75, 3.05) is 5.32 Å². The van der Waals surface area contributed by atoms with E-state index in [2.05, 4.69) is 37.6 Å². The molecule has 0 saturated carbocycles. The lowest BCUT2D eigenvalue weighted by Gasteiger charge is -2.06. The number of ketones is 1. The summed E-state index contributed by atoms with van der Waals surface area (Å²) < 4.78 is 0.768. The summed E-state index contributed by atoms with van der Waals surface area (Å²) in [5.41, 5.74) is 2.56. The zero-order chi connectivity index (χ0) is 18.6. The zero-order valence-electron chi connectivity index (χ0n) is 14.5. The summed E-state index contributed by atoms with van der Waals surface area (Å²) in [5.74, 6) is 0.0493. The van der Waals surface area contributed by atoms with E-state index in [0.717, 1.165) is 20.5 Å². The number of benzene rings is 1. The van der Waals surface area contributed by atoms with E-state index in [9.17, 15) is 4.79 Å². The van der Waals surface area contributed by atoms with E-state index in [1.807, 2.05) is 37.3 Å². The van der Waals surface area contributed by atoms with Gasteiger partial charge in [0.15, 0.2) is 10.1 Å². The molecule has 0 bridgehead atoms. The molecule has 4 aromatic rings. The van der Waals surface area contributed by atoms with Crippen LogP contribution in [-0.4, -0.2) is 31.2 Å². The third-order valence-corrected chi connectivity index (χ3v) is 6.12. The second-order valence-corrected chi connectivity index (χ2v) is 8.50. The molecule has 2 N–H and O–H groups in total. The molecule has 136 valence electrons. The monoisotopic (exact) mass is 395 g/mol. The Labute approximate surface area is 164 Å². The van der Waals surface area contributed by atoms with Gasteiger partial charge in [-0.15, -0.1) is 10.2 Å². The van der Waals surface area contributed by atoms with Crippen molar-refractivity contribution < 1.29 is 4.79 Å². The van der Waals surface area contributed by atoms with Crippen LogP contribution in [-0.2, 0) is 6.54 Å². The standard InChI is InChI=1S/C19H17N5OS2/c1-12(16(25)15-11-21-17-14(15)8-5-9-20-17)26-19-24-23-18(27-19)22-10-13-6-3-2-4-7-13/h2-9,11-12H,10H2,1H3,(H,20,21)(H,22,23). The molecule has 0 aliphatic rings. The molecule has 27 heavy (non-hydrogen) atoms. The Morgan fingerprint density at radius 3 is 2.93 bits per heavy atom. The Morgan fingerprint density at radius 1 is 1.22 bits per heavy atom. The Bertz CT molecular complexity index is 1060. The van der Waals surface area contributed by atoms with Crippen molar-refractivity contribution in [1.82, 2.24) is 20.2 Å². The van der Waals surface area contributed by atoms with E-state index in [0.29, 0.717) is 12.1 Å². The summed E-state index contributed by atoms with van der Waals surface area (Å²) in [7, 11) is 0. The van der Waals surface area contributed by atoms with Gasteiger partial charge in [-0.2, -0.15) is 0 Å². The Balaban J connectivity index is 1.40. The molecule has 0 aliphatic carbocycles. The van der Waals surface area contributed by atoms with Gasteiger partial charge in [0.1, 0.15) is 5.65 Å². The highest BCUT2D eigenvalue weighted by atomic mass is 32.2. The lowest BCUT2D eigenvalue weighted by Crippen LogP contribution is -2.12. The van der Waals surface area contributed by atoms with Gasteiger partial charge in [-0.05, 0) is 24.6 Å². The number of hydrogen-bond donors (Lipinski definition) is 2. The molecular formula is C19H17N5OS2. The van der Waals surface area contributed by atoms with Crippen LogP contribution in [0.25, 0.3) is 11.0 Å². The minimum Gasteiger partial charge on any atom is -0.356 e. The molecule has 1 unspecified atom stereocenters. The number of H-pyrrole nitrogens is 1. The van der Waals surface area contributed by atoms with Crippen LogP contribution in [0.5, 0.6) is 0 Å². The number of aromatic nitrogens is 4. The van der Waals surface area contributed by atoms with Gasteiger partial charge in [0.25, 0.3) is 0 Å². The van der Waals surface area contributed by atoms with Gasteiger partial charge in [-0.1, -0.05) is 53.4 Å². The first-order valence-electron chi connectivity index (χ1n) is 8.45. The molecule has 0 fully saturated rings. The van der Waals surface area contributed by atoms with Gasteiger partial charge in [0.2, 0.25) is 5.13 Å². The van der Waals surface area contributed by atoms with Crippen LogP contribution in [0, 0.1) is 0 Å². The number of thioether (sulfide) groups is 1. The number of Topliss-reactive ketones (excluding diaryl/α,β-unsaturated/α-hetero) is 1. The molecule has 8 heteroatoms. The van der Waals surface area contributed by atoms with Crippen molar-refractivity contribution in [2.45, 2.75) is 23.1 Å². The summed E-state index contributed by atoms with van der Waals surface area (Å²) in [6.45, 7) is 2.58. The molecule has 0 spiro atoms. The van der Waals surface area contributed by atoms with Gasteiger partial charge in [-0.25, -0.2) is 4.98 Å². The first-order valence-corrected chi connectivity index (χ1v) is 10.1. The fourth-order valence-corrected chi connectivity index (χ4v) is 4.65. The summed E-state index contributed by atoms with van der Waals surface area (Å²) in [4.78, 5) is 20.1. The predicted molar refractivity (Wildman–Crippen MR) is 109 cm³/mol. The van der Waals surface area contributed by atoms with Crippen LogP contribution < -0.4 is 5.32 Å². The molecule has 0 amide bonds. The molecule has 6 nitrogen and oxygen atoms in total. The highest BCUT2D eigenvalue weighted by Crippen LogP contribution is 2.31. The predicted octanol–water partition coefficient (Wildman–Crippen LogP) is 4.39. The Kier molecular flexibility index (Phi) is 5.17. The van der Waals surface area contributed by atoms with Crippen molar-refractivity contribution in [1.29, 1.82) is 0 Å². The van der Waals surface area contributed by atoms with Gasteiger partial charge >= 0.3 is 0 Å². The van der Waals surface area contributed by atoms with Crippen LogP contribution in [0.3, 0.4) is 0 Å². The molecule has 1 aromatic carbocycles. The van der Waals surface area contributed by atoms with Crippen LogP contribution >= 0.6 is 23.1 Å².